The third-order valence-electron chi connectivity index (χ3n) is 3.71. The molecule has 0 heterocycles. The molecule has 2 N–H and O–H groups in total. The van der Waals surface area contributed by atoms with Crippen LogP contribution in [-0.2, 0) is 0 Å². The summed E-state index contributed by atoms with van der Waals surface area (Å²) in [5, 5.41) is 5.44. The fourth-order valence-corrected chi connectivity index (χ4v) is 2.37. The predicted molar refractivity (Wildman–Crippen MR) is 90.3 cm³/mol. The molecular formula is C18H20N2O3. The molecule has 23 heavy (non-hydrogen) atoms. The first-order valence-electron chi connectivity index (χ1n) is 7.25. The fraction of sp³-hybridized carbons (Fsp3) is 0.222. The summed E-state index contributed by atoms with van der Waals surface area (Å²) >= 11 is 0. The van der Waals surface area contributed by atoms with Crippen molar-refractivity contribution in [3.63, 3.8) is 0 Å². The first-order chi connectivity index (χ1) is 11.0. The number of anilines is 1. The quantitative estimate of drug-likeness (QED) is 0.912. The number of carbonyl (C=O) groups excluding carboxylic acids is 2. The van der Waals surface area contributed by atoms with Gasteiger partial charge in [0.25, 0.3) is 11.8 Å². The number of methoxy groups -OCH3 is 1. The lowest BCUT2D eigenvalue weighted by Crippen LogP contribution is -2.20. The van der Waals surface area contributed by atoms with Crippen LogP contribution in [0, 0.1) is 13.8 Å². The van der Waals surface area contributed by atoms with Gasteiger partial charge in [-0.1, -0.05) is 6.07 Å². The van der Waals surface area contributed by atoms with E-state index in [1.54, 1.807) is 57.5 Å². The summed E-state index contributed by atoms with van der Waals surface area (Å²) in [6.07, 6.45) is 0. The van der Waals surface area contributed by atoms with Gasteiger partial charge in [0, 0.05) is 23.9 Å². The zero-order valence-electron chi connectivity index (χ0n) is 13.7. The first kappa shape index (κ1) is 16.5. The molecule has 2 rings (SSSR count). The molecule has 0 saturated heterocycles. The fourth-order valence-electron chi connectivity index (χ4n) is 2.37. The van der Waals surface area contributed by atoms with Crippen LogP contribution in [0.4, 0.5) is 5.69 Å². The molecule has 0 fully saturated rings. The topological polar surface area (TPSA) is 67.4 Å². The van der Waals surface area contributed by atoms with Crippen molar-refractivity contribution in [2.45, 2.75) is 13.8 Å². The van der Waals surface area contributed by atoms with E-state index in [0.717, 1.165) is 16.9 Å². The number of benzene rings is 2. The number of hydrogen-bond acceptors (Lipinski definition) is 3. The monoisotopic (exact) mass is 312 g/mol. The van der Waals surface area contributed by atoms with Crippen molar-refractivity contribution >= 4 is 17.5 Å². The highest BCUT2D eigenvalue weighted by molar-refractivity contribution is 6.06. The summed E-state index contributed by atoms with van der Waals surface area (Å²) in [7, 11) is 3.17. The van der Waals surface area contributed by atoms with Gasteiger partial charge in [-0.25, -0.2) is 0 Å². The van der Waals surface area contributed by atoms with Gasteiger partial charge in [-0.3, -0.25) is 9.59 Å². The Kier molecular flexibility index (Phi) is 5.01. The van der Waals surface area contributed by atoms with Crippen molar-refractivity contribution in [3.05, 3.63) is 58.7 Å². The van der Waals surface area contributed by atoms with Gasteiger partial charge in [-0.05, 0) is 55.3 Å². The van der Waals surface area contributed by atoms with E-state index in [1.807, 2.05) is 6.92 Å². The number of amides is 2. The van der Waals surface area contributed by atoms with Gasteiger partial charge in [-0.2, -0.15) is 0 Å². The molecule has 0 aliphatic rings. The second kappa shape index (κ2) is 6.96. The summed E-state index contributed by atoms with van der Waals surface area (Å²) in [5.41, 5.74) is 3.30. The van der Waals surface area contributed by atoms with Crippen LogP contribution < -0.4 is 15.4 Å². The van der Waals surface area contributed by atoms with E-state index in [4.69, 9.17) is 4.74 Å². The van der Waals surface area contributed by atoms with E-state index in [-0.39, 0.29) is 11.8 Å². The van der Waals surface area contributed by atoms with Crippen LogP contribution in [0.2, 0.25) is 0 Å². The lowest BCUT2D eigenvalue weighted by atomic mass is 10.1. The minimum Gasteiger partial charge on any atom is -0.496 e. The van der Waals surface area contributed by atoms with E-state index in [2.05, 4.69) is 10.6 Å². The van der Waals surface area contributed by atoms with Crippen LogP contribution in [0.15, 0.2) is 36.4 Å². The highest BCUT2D eigenvalue weighted by Crippen LogP contribution is 2.22. The molecule has 2 amide bonds. The Balaban J connectivity index is 2.27. The Hall–Kier alpha value is -2.82. The Labute approximate surface area is 135 Å². The van der Waals surface area contributed by atoms with E-state index in [9.17, 15) is 9.59 Å². The Morgan fingerprint density at radius 2 is 1.78 bits per heavy atom. The van der Waals surface area contributed by atoms with E-state index >= 15 is 0 Å². The van der Waals surface area contributed by atoms with Gasteiger partial charge in [-0.15, -0.1) is 0 Å². The summed E-state index contributed by atoms with van der Waals surface area (Å²) in [4.78, 5) is 24.2. The Morgan fingerprint density at radius 1 is 1.04 bits per heavy atom. The lowest BCUT2D eigenvalue weighted by molar-refractivity contribution is 0.0960. The third kappa shape index (κ3) is 3.51. The molecule has 0 aliphatic carbocycles. The minimum absolute atomic E-state index is 0.182. The van der Waals surface area contributed by atoms with Crippen molar-refractivity contribution in [1.29, 1.82) is 0 Å². The smallest absolute Gasteiger partial charge is 0.255 e. The molecule has 0 radical (unpaired) electrons. The summed E-state index contributed by atoms with van der Waals surface area (Å²) < 4.78 is 5.20. The molecular weight excluding hydrogens is 292 g/mol. The largest absolute Gasteiger partial charge is 0.496 e. The number of rotatable bonds is 4. The van der Waals surface area contributed by atoms with Crippen LogP contribution in [0.25, 0.3) is 0 Å². The van der Waals surface area contributed by atoms with Crippen molar-refractivity contribution in [2.75, 3.05) is 19.5 Å². The van der Waals surface area contributed by atoms with E-state index < -0.39 is 0 Å². The Bertz CT molecular complexity index is 754. The second-order valence-electron chi connectivity index (χ2n) is 5.20. The van der Waals surface area contributed by atoms with Crippen LogP contribution >= 0.6 is 0 Å². The second-order valence-corrected chi connectivity index (χ2v) is 5.20. The van der Waals surface area contributed by atoms with Crippen LogP contribution in [-0.4, -0.2) is 26.0 Å². The van der Waals surface area contributed by atoms with Gasteiger partial charge < -0.3 is 15.4 Å². The normalized spacial score (nSPS) is 10.1. The zero-order valence-corrected chi connectivity index (χ0v) is 13.7. The first-order valence-corrected chi connectivity index (χ1v) is 7.25. The minimum atomic E-state index is -0.229. The molecule has 0 saturated carbocycles. The SMILES string of the molecule is CNC(=O)c1cccc(NC(=O)c2ccc(OC)c(C)c2)c1C. The molecule has 0 aromatic heterocycles. The van der Waals surface area contributed by atoms with Crippen molar-refractivity contribution in [3.8, 4) is 5.75 Å². The molecule has 120 valence electrons. The van der Waals surface area contributed by atoms with E-state index in [1.165, 1.54) is 0 Å². The van der Waals surface area contributed by atoms with Crippen molar-refractivity contribution in [1.82, 2.24) is 5.32 Å². The highest BCUT2D eigenvalue weighted by atomic mass is 16.5. The summed E-state index contributed by atoms with van der Waals surface area (Å²) in [5.74, 6) is 0.325. The summed E-state index contributed by atoms with van der Waals surface area (Å²) in [6, 6.07) is 10.5. The highest BCUT2D eigenvalue weighted by Gasteiger charge is 2.13. The van der Waals surface area contributed by atoms with Crippen molar-refractivity contribution in [2.24, 2.45) is 0 Å². The van der Waals surface area contributed by atoms with Gasteiger partial charge in [0.15, 0.2) is 0 Å². The average molecular weight is 312 g/mol. The average Bonchev–Trinajstić information content (AvgIpc) is 2.55. The van der Waals surface area contributed by atoms with E-state index in [0.29, 0.717) is 16.8 Å². The molecule has 0 unspecified atom stereocenters. The predicted octanol–water partition coefficient (Wildman–Crippen LogP) is 2.92. The number of hydrogen-bond donors (Lipinski definition) is 2. The van der Waals surface area contributed by atoms with Crippen LogP contribution in [0.1, 0.15) is 31.8 Å². The molecule has 5 heteroatoms. The summed E-state index contributed by atoms with van der Waals surface area (Å²) in [6.45, 7) is 3.69. The maximum absolute atomic E-state index is 12.4. The van der Waals surface area contributed by atoms with Crippen molar-refractivity contribution < 1.29 is 14.3 Å². The number of nitrogens with one attached hydrogen (secondary N) is 2. The lowest BCUT2D eigenvalue weighted by Gasteiger charge is -2.12. The van der Waals surface area contributed by atoms with Crippen LogP contribution in [0.5, 0.6) is 5.75 Å². The standard InChI is InChI=1S/C18H20N2O3/c1-11-10-13(8-9-16(11)23-4)17(21)20-15-7-5-6-14(12(15)2)18(22)19-3/h5-10H,1-4H3,(H,19,22)(H,20,21). The maximum atomic E-state index is 12.4. The number of carbonyl (C=O) groups is 2. The van der Waals surface area contributed by atoms with Crippen LogP contribution in [0.3, 0.4) is 0 Å². The van der Waals surface area contributed by atoms with Gasteiger partial charge in [0.1, 0.15) is 5.75 Å². The van der Waals surface area contributed by atoms with Gasteiger partial charge >= 0.3 is 0 Å². The maximum Gasteiger partial charge on any atom is 0.255 e. The number of aryl methyl sites for hydroxylation is 1. The molecule has 5 nitrogen and oxygen atoms in total. The molecule has 0 spiro atoms. The third-order valence-corrected chi connectivity index (χ3v) is 3.71. The molecule has 0 bridgehead atoms. The number of ether oxygens (including phenoxy) is 1. The zero-order chi connectivity index (χ0) is 17.0. The Morgan fingerprint density at radius 3 is 2.39 bits per heavy atom. The molecule has 2 aromatic carbocycles. The van der Waals surface area contributed by atoms with Gasteiger partial charge in [0.05, 0.1) is 7.11 Å². The molecule has 2 aromatic rings. The van der Waals surface area contributed by atoms with Gasteiger partial charge in [0.2, 0.25) is 0 Å². The molecule has 0 atom stereocenters. The molecule has 0 aliphatic heterocycles.